The van der Waals surface area contributed by atoms with Crippen LogP contribution in [0.2, 0.25) is 0 Å². The lowest BCUT2D eigenvalue weighted by molar-refractivity contribution is 0.0974. The van der Waals surface area contributed by atoms with Crippen LogP contribution < -0.4 is 15.0 Å². The topological polar surface area (TPSA) is 122 Å². The maximum absolute atomic E-state index is 16.3. The minimum Gasteiger partial charge on any atom is -0.506 e. The number of para-hydroxylation sites is 1. The van der Waals surface area contributed by atoms with Crippen LogP contribution in [0.15, 0.2) is 75.7 Å². The average Bonchev–Trinajstić information content (AvgIpc) is 3.23. The van der Waals surface area contributed by atoms with Gasteiger partial charge in [0.15, 0.2) is 33.0 Å². The molecule has 0 fully saturated rings. The van der Waals surface area contributed by atoms with E-state index in [4.69, 9.17) is 9.15 Å². The molecule has 45 heavy (non-hydrogen) atoms. The van der Waals surface area contributed by atoms with Crippen molar-refractivity contribution in [2.75, 3.05) is 16.0 Å². The fourth-order valence-electron chi connectivity index (χ4n) is 6.05. The summed E-state index contributed by atoms with van der Waals surface area (Å²) in [6.07, 6.45) is 0.179. The number of anilines is 2. The molecule has 2 aliphatic heterocycles. The number of carbonyl (C=O) groups excluding carboxylic acids is 1. The van der Waals surface area contributed by atoms with Crippen LogP contribution in [0.5, 0.6) is 11.5 Å². The lowest BCUT2D eigenvalue weighted by Gasteiger charge is -2.37. The number of nitrogens with zero attached hydrogens (tertiary/aromatic N) is 2. The maximum Gasteiger partial charge on any atom is 0.281 e. The molecule has 1 aromatic heterocycles. The van der Waals surface area contributed by atoms with Crippen LogP contribution in [0, 0.1) is 30.9 Å². The SMILES string of the molecule is Cc1nc(C(=O)N2c3cccc(O)c3NC3=C([C@@H]2c2ccc(OCc4ccccc4)c(F)c2F)S(=O)(=O)CC(C)(C)C3)c(C)o1. The summed E-state index contributed by atoms with van der Waals surface area (Å²) in [6, 6.07) is 14.0. The number of phenols is 1. The summed E-state index contributed by atoms with van der Waals surface area (Å²) < 4.78 is 71.5. The maximum atomic E-state index is 16.3. The quantitative estimate of drug-likeness (QED) is 0.232. The number of hydrogen-bond donors (Lipinski definition) is 2. The van der Waals surface area contributed by atoms with Gasteiger partial charge in [-0.2, -0.15) is 4.39 Å². The smallest absolute Gasteiger partial charge is 0.281 e. The zero-order chi connectivity index (χ0) is 32.3. The molecule has 1 amide bonds. The van der Waals surface area contributed by atoms with E-state index in [9.17, 15) is 18.3 Å². The fraction of sp³-hybridized carbons (Fsp3) is 0.273. The molecule has 0 spiro atoms. The second-order valence-electron chi connectivity index (χ2n) is 12.0. The van der Waals surface area contributed by atoms with Gasteiger partial charge in [-0.05, 0) is 48.6 Å². The Morgan fingerprint density at radius 2 is 1.82 bits per heavy atom. The molecule has 2 aliphatic rings. The summed E-state index contributed by atoms with van der Waals surface area (Å²) in [6.45, 7) is 6.56. The highest BCUT2D eigenvalue weighted by molar-refractivity contribution is 7.95. The number of allylic oxidation sites excluding steroid dienone is 1. The minimum atomic E-state index is -4.20. The predicted molar refractivity (Wildman–Crippen MR) is 164 cm³/mol. The van der Waals surface area contributed by atoms with Crippen LogP contribution in [0.25, 0.3) is 0 Å². The Bertz CT molecular complexity index is 1970. The summed E-state index contributed by atoms with van der Waals surface area (Å²) >= 11 is 0. The minimum absolute atomic E-state index is 0.0370. The number of aromatic nitrogens is 1. The number of sulfone groups is 1. The van der Waals surface area contributed by atoms with Gasteiger partial charge in [0.1, 0.15) is 29.8 Å². The summed E-state index contributed by atoms with van der Waals surface area (Å²) in [7, 11) is -4.20. The van der Waals surface area contributed by atoms with E-state index in [1.165, 1.54) is 37.3 Å². The van der Waals surface area contributed by atoms with Crippen molar-refractivity contribution in [3.05, 3.63) is 111 Å². The zero-order valence-electron chi connectivity index (χ0n) is 25.0. The number of aromatic hydroxyl groups is 1. The van der Waals surface area contributed by atoms with Crippen molar-refractivity contribution in [2.45, 2.75) is 46.8 Å². The number of rotatable bonds is 5. The number of amides is 1. The first-order chi connectivity index (χ1) is 21.3. The van der Waals surface area contributed by atoms with Gasteiger partial charge in [-0.3, -0.25) is 9.69 Å². The second kappa shape index (κ2) is 11.0. The first kappa shape index (κ1) is 30.3. The number of ether oxygens (including phenoxy) is 1. The largest absolute Gasteiger partial charge is 0.506 e. The van der Waals surface area contributed by atoms with Gasteiger partial charge < -0.3 is 19.6 Å². The highest BCUT2D eigenvalue weighted by atomic mass is 32.2. The molecule has 12 heteroatoms. The van der Waals surface area contributed by atoms with Gasteiger partial charge in [-0.1, -0.05) is 50.2 Å². The summed E-state index contributed by atoms with van der Waals surface area (Å²) in [5, 5.41) is 14.0. The number of oxazole rings is 1. The van der Waals surface area contributed by atoms with Crippen LogP contribution in [0.4, 0.5) is 20.2 Å². The Morgan fingerprint density at radius 1 is 1.09 bits per heavy atom. The Balaban J connectivity index is 1.60. The summed E-state index contributed by atoms with van der Waals surface area (Å²) in [5.74, 6) is -4.20. The van der Waals surface area contributed by atoms with Crippen molar-refractivity contribution in [1.29, 1.82) is 0 Å². The van der Waals surface area contributed by atoms with Crippen molar-refractivity contribution in [2.24, 2.45) is 5.41 Å². The van der Waals surface area contributed by atoms with Crippen LogP contribution in [-0.2, 0) is 16.4 Å². The third-order valence-corrected chi connectivity index (χ3v) is 10.2. The molecule has 0 saturated heterocycles. The van der Waals surface area contributed by atoms with Crippen LogP contribution in [0.3, 0.4) is 0 Å². The van der Waals surface area contributed by atoms with E-state index in [0.29, 0.717) is 0 Å². The van der Waals surface area contributed by atoms with Crippen molar-refractivity contribution >= 4 is 27.1 Å². The highest BCUT2D eigenvalue weighted by Gasteiger charge is 2.48. The molecular weight excluding hydrogens is 604 g/mol. The number of hydrogen-bond acceptors (Lipinski definition) is 8. The predicted octanol–water partition coefficient (Wildman–Crippen LogP) is 6.72. The Morgan fingerprint density at radius 3 is 2.51 bits per heavy atom. The Labute approximate surface area is 259 Å². The molecule has 3 aromatic carbocycles. The van der Waals surface area contributed by atoms with E-state index in [1.54, 1.807) is 45.0 Å². The number of halogens is 2. The molecule has 0 radical (unpaired) electrons. The van der Waals surface area contributed by atoms with Gasteiger partial charge in [0.05, 0.1) is 16.3 Å². The molecule has 234 valence electrons. The molecular formula is C33H31F2N3O6S. The standard InChI is InChI=1S/C33H31F2N3O6S/c1-18-28(36-19(2)44-18)32(40)38-23-11-8-12-24(39)29(23)37-22-15-33(3,4)17-45(41,42)31(22)30(38)21-13-14-25(27(35)26(21)34)43-16-20-9-6-5-7-10-20/h5-14,30,37,39H,15-17H2,1-4H3/t30-/m0/s1. The van der Waals surface area contributed by atoms with Gasteiger partial charge in [0, 0.05) is 18.2 Å². The van der Waals surface area contributed by atoms with Gasteiger partial charge >= 0.3 is 0 Å². The summed E-state index contributed by atoms with van der Waals surface area (Å²) in [5.41, 5.74) is -0.350. The number of nitrogens with one attached hydrogen (secondary N) is 1. The van der Waals surface area contributed by atoms with Crippen molar-refractivity contribution in [3.8, 4) is 11.5 Å². The summed E-state index contributed by atoms with van der Waals surface area (Å²) in [4.78, 5) is 19.4. The number of phenolic OH excluding ortho intramolecular Hbond substituents is 1. The van der Waals surface area contributed by atoms with Gasteiger partial charge in [0.2, 0.25) is 5.82 Å². The third-order valence-electron chi connectivity index (χ3n) is 7.86. The first-order valence-corrected chi connectivity index (χ1v) is 15.9. The second-order valence-corrected chi connectivity index (χ2v) is 14.0. The molecule has 4 aromatic rings. The van der Waals surface area contributed by atoms with Crippen LogP contribution >= 0.6 is 0 Å². The van der Waals surface area contributed by atoms with Crippen LogP contribution in [-0.4, -0.2) is 30.2 Å². The Kier molecular flexibility index (Phi) is 7.43. The average molecular weight is 636 g/mol. The Hall–Kier alpha value is -4.71. The van der Waals surface area contributed by atoms with Crippen molar-refractivity contribution in [3.63, 3.8) is 0 Å². The molecule has 2 N–H and O–H groups in total. The van der Waals surface area contributed by atoms with E-state index < -0.39 is 44.4 Å². The van der Waals surface area contributed by atoms with E-state index in [0.717, 1.165) is 10.5 Å². The monoisotopic (exact) mass is 635 g/mol. The molecule has 0 saturated carbocycles. The van der Waals surface area contributed by atoms with Gasteiger partial charge in [-0.25, -0.2) is 17.8 Å². The first-order valence-electron chi connectivity index (χ1n) is 14.2. The molecule has 1 atom stereocenters. The van der Waals surface area contributed by atoms with Crippen molar-refractivity contribution in [1.82, 2.24) is 4.98 Å². The molecule has 6 rings (SSSR count). The van der Waals surface area contributed by atoms with E-state index in [2.05, 4.69) is 10.3 Å². The molecule has 0 unspecified atom stereocenters. The molecule has 3 heterocycles. The molecule has 9 nitrogen and oxygen atoms in total. The lowest BCUT2D eigenvalue weighted by atomic mass is 9.88. The van der Waals surface area contributed by atoms with Gasteiger partial charge in [-0.15, -0.1) is 0 Å². The number of benzene rings is 3. The lowest BCUT2D eigenvalue weighted by Crippen LogP contribution is -2.41. The number of aryl methyl sites for hydroxylation is 2. The van der Waals surface area contributed by atoms with E-state index in [-0.39, 0.29) is 69.6 Å². The van der Waals surface area contributed by atoms with E-state index >= 15 is 8.78 Å². The van der Waals surface area contributed by atoms with E-state index in [1.807, 2.05) is 6.07 Å². The zero-order valence-corrected chi connectivity index (χ0v) is 25.8. The number of fused-ring (bicyclic) bond motifs is 1. The molecule has 0 aliphatic carbocycles. The fourth-order valence-corrected chi connectivity index (χ4v) is 8.41. The highest BCUT2D eigenvalue weighted by Crippen LogP contribution is 2.52. The van der Waals surface area contributed by atoms with Crippen LogP contribution in [0.1, 0.15) is 59.6 Å². The van der Waals surface area contributed by atoms with Crippen molar-refractivity contribution < 1.29 is 36.3 Å². The third kappa shape index (κ3) is 5.43. The normalized spacial score (nSPS) is 18.4. The van der Waals surface area contributed by atoms with Gasteiger partial charge in [0.25, 0.3) is 5.91 Å². The number of carbonyl (C=O) groups is 1. The molecule has 0 bridgehead atoms.